The number of hydrogen-bond donors (Lipinski definition) is 0. The van der Waals surface area contributed by atoms with Crippen LogP contribution in [0.1, 0.15) is 6.92 Å². The number of nitrogens with zero attached hydrogens (tertiary/aromatic N) is 2. The highest BCUT2D eigenvalue weighted by atomic mass is 15.0. The van der Waals surface area contributed by atoms with Gasteiger partial charge in [-0.1, -0.05) is 6.08 Å². The van der Waals surface area contributed by atoms with E-state index in [1.165, 1.54) is 0 Å². The molecule has 0 unspecified atom stereocenters. The first kappa shape index (κ1) is 5.09. The number of aromatic nitrogens is 2. The van der Waals surface area contributed by atoms with E-state index in [4.69, 9.17) is 0 Å². The Kier molecular flexibility index (Phi) is 1.47. The van der Waals surface area contributed by atoms with Gasteiger partial charge in [0.15, 0.2) is 0 Å². The van der Waals surface area contributed by atoms with Crippen LogP contribution in [-0.2, 0) is 0 Å². The van der Waals surface area contributed by atoms with Crippen molar-refractivity contribution in [3.8, 4) is 0 Å². The fraction of sp³-hybridized carbons (Fsp3) is 0.167. The first-order chi connectivity index (χ1) is 3.93. The van der Waals surface area contributed by atoms with E-state index in [0.717, 1.165) is 0 Å². The Labute approximate surface area is 48.5 Å². The van der Waals surface area contributed by atoms with E-state index in [0.29, 0.717) is 0 Å². The third-order valence-electron chi connectivity index (χ3n) is 0.846. The molecule has 0 N–H and O–H groups in total. The van der Waals surface area contributed by atoms with Crippen LogP contribution in [0.2, 0.25) is 0 Å². The molecule has 0 amide bonds. The molecule has 0 radical (unpaired) electrons. The van der Waals surface area contributed by atoms with Gasteiger partial charge in [-0.15, -0.1) is 0 Å². The van der Waals surface area contributed by atoms with Gasteiger partial charge in [0.25, 0.3) is 0 Å². The van der Waals surface area contributed by atoms with Crippen molar-refractivity contribution < 1.29 is 0 Å². The van der Waals surface area contributed by atoms with E-state index in [9.17, 15) is 0 Å². The van der Waals surface area contributed by atoms with Crippen LogP contribution in [0.15, 0.2) is 24.8 Å². The molecule has 0 bridgehead atoms. The lowest BCUT2D eigenvalue weighted by molar-refractivity contribution is 1.13. The minimum atomic E-state index is 1.75. The molecule has 2 heteroatoms. The normalized spacial score (nSPS) is 10.6. The summed E-state index contributed by atoms with van der Waals surface area (Å²) in [5, 5.41) is 0. The largest absolute Gasteiger partial charge is 0.313 e. The molecule has 0 aliphatic heterocycles. The first-order valence-corrected chi connectivity index (χ1v) is 2.54. The van der Waals surface area contributed by atoms with Crippen LogP contribution in [-0.4, -0.2) is 9.55 Å². The molecule has 1 aromatic rings. The minimum Gasteiger partial charge on any atom is -0.313 e. The van der Waals surface area contributed by atoms with E-state index >= 15 is 0 Å². The van der Waals surface area contributed by atoms with Gasteiger partial charge < -0.3 is 4.57 Å². The number of allylic oxidation sites excluding steroid dienone is 1. The average Bonchev–Trinajstić information content (AvgIpc) is 2.19. The number of rotatable bonds is 1. The summed E-state index contributed by atoms with van der Waals surface area (Å²) in [6, 6.07) is 0. The fourth-order valence-corrected chi connectivity index (χ4v) is 0.530. The van der Waals surface area contributed by atoms with E-state index in [-0.39, 0.29) is 0 Å². The van der Waals surface area contributed by atoms with Crippen LogP contribution < -0.4 is 0 Å². The van der Waals surface area contributed by atoms with Gasteiger partial charge in [-0.3, -0.25) is 0 Å². The minimum absolute atomic E-state index is 1.75. The third-order valence-corrected chi connectivity index (χ3v) is 0.846. The summed E-state index contributed by atoms with van der Waals surface area (Å²) >= 11 is 0. The Morgan fingerprint density at radius 1 is 1.62 bits per heavy atom. The molecule has 0 saturated heterocycles. The van der Waals surface area contributed by atoms with Crippen molar-refractivity contribution in [2.24, 2.45) is 0 Å². The van der Waals surface area contributed by atoms with Crippen molar-refractivity contribution in [3.05, 3.63) is 24.8 Å². The van der Waals surface area contributed by atoms with Crippen LogP contribution in [0.4, 0.5) is 0 Å². The fourth-order valence-electron chi connectivity index (χ4n) is 0.530. The van der Waals surface area contributed by atoms with E-state index in [2.05, 4.69) is 4.98 Å². The molecule has 0 aromatic carbocycles. The van der Waals surface area contributed by atoms with Crippen molar-refractivity contribution in [1.82, 2.24) is 9.55 Å². The highest BCUT2D eigenvalue weighted by Gasteiger charge is 1.74. The second kappa shape index (κ2) is 2.31. The van der Waals surface area contributed by atoms with Crippen LogP contribution in [0.5, 0.6) is 0 Å². The van der Waals surface area contributed by atoms with Crippen LogP contribution in [0, 0.1) is 0 Å². The summed E-state index contributed by atoms with van der Waals surface area (Å²) in [5.74, 6) is 0. The van der Waals surface area contributed by atoms with Gasteiger partial charge in [0.05, 0.1) is 6.33 Å². The Morgan fingerprint density at radius 3 is 3.00 bits per heavy atom. The highest BCUT2D eigenvalue weighted by Crippen LogP contribution is 1.84. The zero-order valence-electron chi connectivity index (χ0n) is 4.78. The summed E-state index contributed by atoms with van der Waals surface area (Å²) in [4.78, 5) is 3.85. The highest BCUT2D eigenvalue weighted by molar-refractivity contribution is 5.19. The molecular weight excluding hydrogens is 100 g/mol. The van der Waals surface area contributed by atoms with Gasteiger partial charge in [-0.05, 0) is 6.92 Å². The van der Waals surface area contributed by atoms with Gasteiger partial charge in [0.1, 0.15) is 0 Å². The standard InChI is InChI=1S/C6H8N2/c1-2-4-8-5-3-7-6-8/h2-6H,1H3. The maximum absolute atomic E-state index is 3.85. The van der Waals surface area contributed by atoms with Gasteiger partial charge in [0, 0.05) is 18.6 Å². The zero-order valence-corrected chi connectivity index (χ0v) is 4.78. The Hall–Kier alpha value is -1.05. The maximum atomic E-state index is 3.85. The van der Waals surface area contributed by atoms with Crippen LogP contribution in [0.3, 0.4) is 0 Å². The smallest absolute Gasteiger partial charge is 0.0986 e. The van der Waals surface area contributed by atoms with E-state index in [1.807, 2.05) is 30.0 Å². The molecule has 1 rings (SSSR count). The second-order valence-electron chi connectivity index (χ2n) is 1.49. The number of hydrogen-bond acceptors (Lipinski definition) is 1. The Morgan fingerprint density at radius 2 is 2.50 bits per heavy atom. The van der Waals surface area contributed by atoms with Crippen LogP contribution in [0.25, 0.3) is 6.20 Å². The quantitative estimate of drug-likeness (QED) is 0.531. The summed E-state index contributed by atoms with van der Waals surface area (Å²) in [5.41, 5.74) is 0. The van der Waals surface area contributed by atoms with Gasteiger partial charge in [-0.2, -0.15) is 0 Å². The SMILES string of the molecule is CC=Cn1ccnc1. The summed E-state index contributed by atoms with van der Waals surface area (Å²) in [6.45, 7) is 1.97. The van der Waals surface area contributed by atoms with Gasteiger partial charge >= 0.3 is 0 Å². The second-order valence-corrected chi connectivity index (χ2v) is 1.49. The molecule has 2 nitrogen and oxygen atoms in total. The summed E-state index contributed by atoms with van der Waals surface area (Å²) in [6.07, 6.45) is 9.29. The molecule has 1 aromatic heterocycles. The van der Waals surface area contributed by atoms with Gasteiger partial charge in [0.2, 0.25) is 0 Å². The van der Waals surface area contributed by atoms with Crippen molar-refractivity contribution >= 4 is 6.20 Å². The Balaban J connectivity index is 2.77. The van der Waals surface area contributed by atoms with Crippen molar-refractivity contribution in [3.63, 3.8) is 0 Å². The molecule has 1 heterocycles. The lowest BCUT2D eigenvalue weighted by Gasteiger charge is -1.83. The van der Waals surface area contributed by atoms with E-state index in [1.54, 1.807) is 12.5 Å². The third kappa shape index (κ3) is 0.964. The van der Waals surface area contributed by atoms with Crippen molar-refractivity contribution in [2.45, 2.75) is 6.92 Å². The number of imidazole rings is 1. The lowest BCUT2D eigenvalue weighted by atomic mass is 10.7. The summed E-state index contributed by atoms with van der Waals surface area (Å²) in [7, 11) is 0. The molecule has 0 aliphatic carbocycles. The zero-order chi connectivity index (χ0) is 5.82. The molecule has 0 atom stereocenters. The Bertz CT molecular complexity index is 163. The van der Waals surface area contributed by atoms with Crippen molar-refractivity contribution in [2.75, 3.05) is 0 Å². The van der Waals surface area contributed by atoms with Crippen LogP contribution >= 0.6 is 0 Å². The van der Waals surface area contributed by atoms with Gasteiger partial charge in [-0.25, -0.2) is 4.98 Å². The monoisotopic (exact) mass is 108 g/mol. The molecule has 8 heavy (non-hydrogen) atoms. The lowest BCUT2D eigenvalue weighted by Crippen LogP contribution is -1.75. The topological polar surface area (TPSA) is 17.8 Å². The summed E-state index contributed by atoms with van der Waals surface area (Å²) < 4.78 is 1.89. The van der Waals surface area contributed by atoms with E-state index < -0.39 is 0 Å². The molecule has 0 fully saturated rings. The maximum Gasteiger partial charge on any atom is 0.0986 e. The average molecular weight is 108 g/mol. The molecule has 42 valence electrons. The molecule has 0 spiro atoms. The van der Waals surface area contributed by atoms with Crippen molar-refractivity contribution in [1.29, 1.82) is 0 Å². The predicted molar refractivity (Wildman–Crippen MR) is 33.2 cm³/mol. The first-order valence-electron chi connectivity index (χ1n) is 2.54. The predicted octanol–water partition coefficient (Wildman–Crippen LogP) is 1.37. The molecular formula is C6H8N2. The molecule has 0 saturated carbocycles. The molecule has 0 aliphatic rings.